The molecule has 0 fully saturated rings. The molecule has 1 heterocycles. The Morgan fingerprint density at radius 1 is 1.15 bits per heavy atom. The number of carbonyl (C=O) groups excluding carboxylic acids is 1. The summed E-state index contributed by atoms with van der Waals surface area (Å²) in [6.07, 6.45) is 5.34. The van der Waals surface area contributed by atoms with E-state index in [1.54, 1.807) is 42.5 Å². The van der Waals surface area contributed by atoms with Crippen LogP contribution in [0.5, 0.6) is 5.75 Å². The fourth-order valence-corrected chi connectivity index (χ4v) is 5.47. The van der Waals surface area contributed by atoms with E-state index in [1.165, 1.54) is 17.4 Å². The molecule has 0 saturated heterocycles. The second kappa shape index (κ2) is 10.8. The van der Waals surface area contributed by atoms with Crippen LogP contribution >= 0.6 is 34.5 Å². The van der Waals surface area contributed by atoms with Gasteiger partial charge in [-0.3, -0.25) is 4.79 Å². The molecule has 0 atom stereocenters. The number of para-hydroxylation sites is 1. The van der Waals surface area contributed by atoms with E-state index in [1.807, 2.05) is 6.07 Å². The molecule has 170 valence electrons. The van der Waals surface area contributed by atoms with Crippen LogP contribution in [0.3, 0.4) is 0 Å². The zero-order chi connectivity index (χ0) is 24.1. The van der Waals surface area contributed by atoms with E-state index in [0.717, 1.165) is 41.7 Å². The van der Waals surface area contributed by atoms with Gasteiger partial charge in [0.2, 0.25) is 0 Å². The highest BCUT2D eigenvalue weighted by Crippen LogP contribution is 2.38. The van der Waals surface area contributed by atoms with Crippen LogP contribution in [0.15, 0.2) is 48.0 Å². The van der Waals surface area contributed by atoms with Gasteiger partial charge in [0.15, 0.2) is 0 Å². The molecule has 1 amide bonds. The van der Waals surface area contributed by atoms with Crippen LogP contribution in [0.4, 0.5) is 5.00 Å². The number of nitriles is 2. The maximum atomic E-state index is 12.9. The van der Waals surface area contributed by atoms with Gasteiger partial charge >= 0.3 is 0 Å². The summed E-state index contributed by atoms with van der Waals surface area (Å²) in [5, 5.41) is 23.6. The quantitative estimate of drug-likeness (QED) is 0.289. The SMILES string of the molecule is N#CC(=Cc1ccccc1OCc1ccc(Cl)cc1Cl)C(=O)Nc1sc2c(c1C#N)CCCC2. The molecule has 0 bridgehead atoms. The number of rotatable bonds is 6. The van der Waals surface area contributed by atoms with Gasteiger partial charge in [-0.05, 0) is 55.5 Å². The third-order valence-corrected chi connectivity index (χ3v) is 7.29. The first-order valence-electron chi connectivity index (χ1n) is 10.6. The van der Waals surface area contributed by atoms with Crippen LogP contribution in [0.2, 0.25) is 10.0 Å². The van der Waals surface area contributed by atoms with Gasteiger partial charge in [-0.1, -0.05) is 47.5 Å². The first-order valence-corrected chi connectivity index (χ1v) is 12.2. The van der Waals surface area contributed by atoms with Gasteiger partial charge < -0.3 is 10.1 Å². The smallest absolute Gasteiger partial charge is 0.266 e. The summed E-state index contributed by atoms with van der Waals surface area (Å²) < 4.78 is 5.92. The Labute approximate surface area is 211 Å². The van der Waals surface area contributed by atoms with Gasteiger partial charge in [0, 0.05) is 26.0 Å². The van der Waals surface area contributed by atoms with Crippen molar-refractivity contribution in [3.63, 3.8) is 0 Å². The normalized spacial score (nSPS) is 12.9. The number of benzene rings is 2. The van der Waals surface area contributed by atoms with Crippen LogP contribution in [0, 0.1) is 22.7 Å². The molecule has 0 aliphatic heterocycles. The average molecular weight is 508 g/mol. The van der Waals surface area contributed by atoms with Crippen molar-refractivity contribution >= 4 is 51.5 Å². The zero-order valence-electron chi connectivity index (χ0n) is 18.0. The molecule has 0 spiro atoms. The maximum Gasteiger partial charge on any atom is 0.266 e. The number of amides is 1. The summed E-state index contributed by atoms with van der Waals surface area (Å²) in [5.41, 5.74) is 2.78. The molecule has 0 radical (unpaired) electrons. The predicted octanol–water partition coefficient (Wildman–Crippen LogP) is 6.93. The molecule has 4 rings (SSSR count). The molecule has 0 saturated carbocycles. The van der Waals surface area contributed by atoms with Crippen molar-refractivity contribution in [1.82, 2.24) is 0 Å². The van der Waals surface area contributed by atoms with Crippen molar-refractivity contribution in [3.05, 3.63) is 85.2 Å². The molecule has 1 N–H and O–H groups in total. The zero-order valence-corrected chi connectivity index (χ0v) is 20.4. The molecule has 1 aromatic heterocycles. The Morgan fingerprint density at radius 3 is 2.71 bits per heavy atom. The Bertz CT molecular complexity index is 1370. The highest BCUT2D eigenvalue weighted by molar-refractivity contribution is 7.16. The number of anilines is 1. The van der Waals surface area contributed by atoms with E-state index >= 15 is 0 Å². The summed E-state index contributed by atoms with van der Waals surface area (Å²) in [7, 11) is 0. The minimum absolute atomic E-state index is 0.0872. The number of nitrogens with one attached hydrogen (secondary N) is 1. The predicted molar refractivity (Wildman–Crippen MR) is 135 cm³/mol. The van der Waals surface area contributed by atoms with Crippen molar-refractivity contribution in [3.8, 4) is 17.9 Å². The highest BCUT2D eigenvalue weighted by atomic mass is 35.5. The topological polar surface area (TPSA) is 85.9 Å². The van der Waals surface area contributed by atoms with Gasteiger partial charge in [-0.25, -0.2) is 0 Å². The van der Waals surface area contributed by atoms with Crippen molar-refractivity contribution in [2.45, 2.75) is 32.3 Å². The summed E-state index contributed by atoms with van der Waals surface area (Å²) in [5.74, 6) is -0.0634. The van der Waals surface area contributed by atoms with Crippen molar-refractivity contribution in [2.75, 3.05) is 5.32 Å². The molecule has 3 aromatic rings. The van der Waals surface area contributed by atoms with Gasteiger partial charge in [-0.15, -0.1) is 11.3 Å². The van der Waals surface area contributed by atoms with Gasteiger partial charge in [-0.2, -0.15) is 10.5 Å². The van der Waals surface area contributed by atoms with E-state index in [9.17, 15) is 15.3 Å². The lowest BCUT2D eigenvalue weighted by molar-refractivity contribution is -0.112. The second-order valence-electron chi connectivity index (χ2n) is 7.71. The number of carbonyl (C=O) groups is 1. The lowest BCUT2D eigenvalue weighted by atomic mass is 9.96. The number of hydrogen-bond donors (Lipinski definition) is 1. The van der Waals surface area contributed by atoms with Crippen LogP contribution in [0.1, 0.15) is 40.0 Å². The fourth-order valence-electron chi connectivity index (χ4n) is 3.77. The number of halogens is 2. The molecule has 8 heteroatoms. The Morgan fingerprint density at radius 2 is 1.94 bits per heavy atom. The number of aryl methyl sites for hydroxylation is 1. The standard InChI is InChI=1S/C26H19Cl2N3O2S/c27-19-10-9-17(22(28)12-19)15-33-23-7-3-1-5-16(23)11-18(13-29)25(32)31-26-21(14-30)20-6-2-4-8-24(20)34-26/h1,3,5,7,9-12H,2,4,6,8,15H2,(H,31,32). The molecule has 2 aromatic carbocycles. The van der Waals surface area contributed by atoms with E-state index in [4.69, 9.17) is 27.9 Å². The van der Waals surface area contributed by atoms with E-state index in [0.29, 0.717) is 31.9 Å². The number of fused-ring (bicyclic) bond motifs is 1. The molecule has 1 aliphatic rings. The maximum absolute atomic E-state index is 12.9. The van der Waals surface area contributed by atoms with Crippen LogP contribution < -0.4 is 10.1 Å². The Kier molecular flexibility index (Phi) is 7.55. The third kappa shape index (κ3) is 5.26. The van der Waals surface area contributed by atoms with Crippen LogP contribution in [-0.4, -0.2) is 5.91 Å². The lowest BCUT2D eigenvalue weighted by Crippen LogP contribution is -2.13. The Balaban J connectivity index is 1.55. The molecule has 1 aliphatic carbocycles. The minimum Gasteiger partial charge on any atom is -0.488 e. The van der Waals surface area contributed by atoms with Gasteiger partial charge in [0.25, 0.3) is 5.91 Å². The summed E-state index contributed by atoms with van der Waals surface area (Å²) >= 11 is 13.6. The van der Waals surface area contributed by atoms with E-state index in [2.05, 4.69) is 11.4 Å². The fraction of sp³-hybridized carbons (Fsp3) is 0.192. The monoisotopic (exact) mass is 507 g/mol. The second-order valence-corrected chi connectivity index (χ2v) is 9.66. The van der Waals surface area contributed by atoms with Gasteiger partial charge in [0.05, 0.1) is 5.56 Å². The number of thiophene rings is 1. The number of nitrogens with zero attached hydrogens (tertiary/aromatic N) is 2. The summed E-state index contributed by atoms with van der Waals surface area (Å²) in [4.78, 5) is 14.1. The van der Waals surface area contributed by atoms with Crippen molar-refractivity contribution in [1.29, 1.82) is 10.5 Å². The van der Waals surface area contributed by atoms with E-state index < -0.39 is 5.91 Å². The first kappa shape index (κ1) is 23.9. The van der Waals surface area contributed by atoms with Crippen molar-refractivity contribution < 1.29 is 9.53 Å². The summed E-state index contributed by atoms with van der Waals surface area (Å²) in [6.45, 7) is 0.196. The average Bonchev–Trinajstić information content (AvgIpc) is 3.19. The first-order chi connectivity index (χ1) is 16.5. The molecule has 0 unspecified atom stereocenters. The minimum atomic E-state index is -0.562. The molecule has 5 nitrogen and oxygen atoms in total. The van der Waals surface area contributed by atoms with Crippen LogP contribution in [0.25, 0.3) is 6.08 Å². The molecule has 34 heavy (non-hydrogen) atoms. The van der Waals surface area contributed by atoms with E-state index in [-0.39, 0.29) is 12.2 Å². The molecular formula is C26H19Cl2N3O2S. The highest BCUT2D eigenvalue weighted by Gasteiger charge is 2.23. The third-order valence-electron chi connectivity index (χ3n) is 5.49. The molecular weight excluding hydrogens is 489 g/mol. The number of hydrogen-bond acceptors (Lipinski definition) is 5. The van der Waals surface area contributed by atoms with Crippen LogP contribution in [-0.2, 0) is 24.2 Å². The van der Waals surface area contributed by atoms with Gasteiger partial charge in [0.1, 0.15) is 35.1 Å². The summed E-state index contributed by atoms with van der Waals surface area (Å²) in [6, 6.07) is 16.4. The largest absolute Gasteiger partial charge is 0.488 e. The van der Waals surface area contributed by atoms with Crippen molar-refractivity contribution in [2.24, 2.45) is 0 Å². The number of ether oxygens (including phenoxy) is 1. The Hall–Kier alpha value is -3.29. The lowest BCUT2D eigenvalue weighted by Gasteiger charge is -2.11.